The lowest BCUT2D eigenvalue weighted by molar-refractivity contribution is -0.114. The minimum absolute atomic E-state index is 0.146. The number of carbonyl (C=O) groups is 1. The number of hydrogen-bond donors (Lipinski definition) is 2. The summed E-state index contributed by atoms with van der Waals surface area (Å²) >= 11 is 1.42. The molecule has 0 bridgehead atoms. The molecule has 134 valence electrons. The van der Waals surface area contributed by atoms with E-state index < -0.39 is 0 Å². The average molecular weight is 369 g/mol. The van der Waals surface area contributed by atoms with Crippen molar-refractivity contribution >= 4 is 28.1 Å². The molecule has 0 saturated carbocycles. The number of nitrogens with one attached hydrogen (secondary N) is 2. The molecule has 3 rings (SSSR count). The highest BCUT2D eigenvalue weighted by Gasteiger charge is 2.08. The van der Waals surface area contributed by atoms with E-state index in [1.54, 1.807) is 18.3 Å². The minimum Gasteiger partial charge on any atom is -0.376 e. The van der Waals surface area contributed by atoms with Gasteiger partial charge in [-0.3, -0.25) is 4.79 Å². The molecule has 26 heavy (non-hydrogen) atoms. The second-order valence-electron chi connectivity index (χ2n) is 6.16. The Morgan fingerprint density at radius 2 is 1.92 bits per heavy atom. The molecule has 4 nitrogen and oxygen atoms in total. The Bertz CT molecular complexity index is 906. The van der Waals surface area contributed by atoms with Gasteiger partial charge >= 0.3 is 0 Å². The Morgan fingerprint density at radius 3 is 2.65 bits per heavy atom. The minimum atomic E-state index is -0.248. The highest BCUT2D eigenvalue weighted by molar-refractivity contribution is 7.15. The van der Waals surface area contributed by atoms with Gasteiger partial charge in [-0.1, -0.05) is 29.8 Å². The van der Waals surface area contributed by atoms with Crippen molar-refractivity contribution in [3.8, 4) is 0 Å². The number of hydrogen-bond acceptors (Lipinski definition) is 4. The van der Waals surface area contributed by atoms with Crippen LogP contribution >= 0.6 is 11.3 Å². The molecule has 0 saturated heterocycles. The summed E-state index contributed by atoms with van der Waals surface area (Å²) in [5.74, 6) is -0.394. The number of halogens is 1. The van der Waals surface area contributed by atoms with Crippen LogP contribution in [0.25, 0.3) is 0 Å². The molecule has 0 aliphatic heterocycles. The van der Waals surface area contributed by atoms with E-state index in [4.69, 9.17) is 0 Å². The molecule has 0 fully saturated rings. The number of aryl methyl sites for hydroxylation is 2. The fourth-order valence-electron chi connectivity index (χ4n) is 2.60. The summed E-state index contributed by atoms with van der Waals surface area (Å²) in [5, 5.41) is 6.51. The molecule has 2 aromatic carbocycles. The van der Waals surface area contributed by atoms with E-state index in [1.165, 1.54) is 29.0 Å². The molecule has 3 aromatic rings. The first-order chi connectivity index (χ1) is 12.5. The van der Waals surface area contributed by atoms with Crippen molar-refractivity contribution in [2.75, 3.05) is 17.2 Å². The summed E-state index contributed by atoms with van der Waals surface area (Å²) in [7, 11) is 0. The number of rotatable bonds is 6. The molecular formula is C20H20FN3OS. The van der Waals surface area contributed by atoms with E-state index in [0.717, 1.165) is 21.7 Å². The first kappa shape index (κ1) is 18.1. The number of anilines is 2. The van der Waals surface area contributed by atoms with Crippen molar-refractivity contribution in [1.29, 1.82) is 0 Å². The van der Waals surface area contributed by atoms with Crippen molar-refractivity contribution in [3.05, 3.63) is 76.0 Å². The topological polar surface area (TPSA) is 54.0 Å². The Hall–Kier alpha value is -2.73. The molecule has 1 heterocycles. The zero-order chi connectivity index (χ0) is 18.5. The van der Waals surface area contributed by atoms with Crippen molar-refractivity contribution in [3.63, 3.8) is 0 Å². The zero-order valence-electron chi connectivity index (χ0n) is 14.7. The van der Waals surface area contributed by atoms with Crippen LogP contribution < -0.4 is 10.6 Å². The lowest BCUT2D eigenvalue weighted by Gasteiger charge is -2.09. The van der Waals surface area contributed by atoms with E-state index >= 15 is 0 Å². The number of benzene rings is 2. The summed E-state index contributed by atoms with van der Waals surface area (Å²) in [5.41, 5.74) is 4.24. The lowest BCUT2D eigenvalue weighted by atomic mass is 10.1. The highest BCUT2D eigenvalue weighted by Crippen LogP contribution is 2.21. The summed E-state index contributed by atoms with van der Waals surface area (Å²) in [4.78, 5) is 17.4. The van der Waals surface area contributed by atoms with Crippen LogP contribution in [0.2, 0.25) is 0 Å². The third-order valence-corrected chi connectivity index (χ3v) is 4.83. The van der Waals surface area contributed by atoms with Gasteiger partial charge in [0.05, 0.1) is 6.54 Å². The SMILES string of the molecule is Cc1ccc(NCC(=O)Nc2ncc(Cc3ccc(F)cc3)s2)c(C)c1. The highest BCUT2D eigenvalue weighted by atomic mass is 32.1. The van der Waals surface area contributed by atoms with E-state index in [2.05, 4.69) is 21.7 Å². The van der Waals surface area contributed by atoms with Crippen molar-refractivity contribution < 1.29 is 9.18 Å². The van der Waals surface area contributed by atoms with Gasteiger partial charge in [0, 0.05) is 23.2 Å². The fourth-order valence-corrected chi connectivity index (χ4v) is 3.46. The Morgan fingerprint density at radius 1 is 1.15 bits per heavy atom. The summed E-state index contributed by atoms with van der Waals surface area (Å²) in [6.07, 6.45) is 2.40. The third-order valence-electron chi connectivity index (χ3n) is 3.91. The largest absolute Gasteiger partial charge is 0.376 e. The Balaban J connectivity index is 1.53. The van der Waals surface area contributed by atoms with Gasteiger partial charge in [-0.2, -0.15) is 0 Å². The van der Waals surface area contributed by atoms with Crippen LogP contribution in [-0.4, -0.2) is 17.4 Å². The maximum absolute atomic E-state index is 12.9. The molecule has 0 aliphatic rings. The van der Waals surface area contributed by atoms with Gasteiger partial charge in [0.15, 0.2) is 5.13 Å². The van der Waals surface area contributed by atoms with Crippen LogP contribution in [0, 0.1) is 19.7 Å². The second-order valence-corrected chi connectivity index (χ2v) is 7.27. The fraction of sp³-hybridized carbons (Fsp3) is 0.200. The van der Waals surface area contributed by atoms with Crippen molar-refractivity contribution in [2.45, 2.75) is 20.3 Å². The molecule has 0 unspecified atom stereocenters. The average Bonchev–Trinajstić information content (AvgIpc) is 3.03. The maximum atomic E-state index is 12.9. The standard InChI is InChI=1S/C20H20FN3OS/c1-13-3-8-18(14(2)9-13)22-12-19(25)24-20-23-11-17(26-20)10-15-4-6-16(21)7-5-15/h3-9,11,22H,10,12H2,1-2H3,(H,23,24,25). The normalized spacial score (nSPS) is 10.6. The zero-order valence-corrected chi connectivity index (χ0v) is 15.5. The van der Waals surface area contributed by atoms with Crippen LogP contribution in [0.5, 0.6) is 0 Å². The number of aromatic nitrogens is 1. The molecule has 1 amide bonds. The molecule has 6 heteroatoms. The van der Waals surface area contributed by atoms with Crippen LogP contribution in [-0.2, 0) is 11.2 Å². The second kappa shape index (κ2) is 8.10. The maximum Gasteiger partial charge on any atom is 0.245 e. The first-order valence-electron chi connectivity index (χ1n) is 8.30. The van der Waals surface area contributed by atoms with E-state index in [0.29, 0.717) is 11.6 Å². The number of amides is 1. The molecule has 2 N–H and O–H groups in total. The van der Waals surface area contributed by atoms with Gasteiger partial charge in [-0.05, 0) is 43.2 Å². The van der Waals surface area contributed by atoms with E-state index in [9.17, 15) is 9.18 Å². The molecular weight excluding hydrogens is 349 g/mol. The van der Waals surface area contributed by atoms with Crippen LogP contribution in [0.3, 0.4) is 0 Å². The molecule has 0 radical (unpaired) electrons. The van der Waals surface area contributed by atoms with Crippen molar-refractivity contribution in [1.82, 2.24) is 4.98 Å². The van der Waals surface area contributed by atoms with Gasteiger partial charge in [-0.25, -0.2) is 9.37 Å². The Labute approximate surface area is 156 Å². The summed E-state index contributed by atoms with van der Waals surface area (Å²) < 4.78 is 12.9. The Kier molecular flexibility index (Phi) is 5.63. The molecule has 0 aliphatic carbocycles. The molecule has 0 atom stereocenters. The van der Waals surface area contributed by atoms with Gasteiger partial charge < -0.3 is 10.6 Å². The molecule has 0 spiro atoms. The predicted molar refractivity (Wildman–Crippen MR) is 104 cm³/mol. The van der Waals surface area contributed by atoms with Gasteiger partial charge in [0.2, 0.25) is 5.91 Å². The number of carbonyl (C=O) groups excluding carboxylic acids is 1. The predicted octanol–water partition coefficient (Wildman–Crippen LogP) is 4.54. The smallest absolute Gasteiger partial charge is 0.245 e. The summed E-state index contributed by atoms with van der Waals surface area (Å²) in [6.45, 7) is 4.22. The molecule has 1 aromatic heterocycles. The van der Waals surface area contributed by atoms with E-state index in [-0.39, 0.29) is 18.3 Å². The first-order valence-corrected chi connectivity index (χ1v) is 9.11. The van der Waals surface area contributed by atoms with Gasteiger partial charge in [-0.15, -0.1) is 11.3 Å². The summed E-state index contributed by atoms with van der Waals surface area (Å²) in [6, 6.07) is 12.4. The third kappa shape index (κ3) is 4.89. The monoisotopic (exact) mass is 369 g/mol. The van der Waals surface area contributed by atoms with Crippen LogP contribution in [0.15, 0.2) is 48.7 Å². The quantitative estimate of drug-likeness (QED) is 0.671. The van der Waals surface area contributed by atoms with Gasteiger partial charge in [0.1, 0.15) is 5.82 Å². The number of thiazole rings is 1. The van der Waals surface area contributed by atoms with Crippen molar-refractivity contribution in [2.24, 2.45) is 0 Å². The van der Waals surface area contributed by atoms with Crippen LogP contribution in [0.4, 0.5) is 15.2 Å². The van der Waals surface area contributed by atoms with E-state index in [1.807, 2.05) is 26.0 Å². The lowest BCUT2D eigenvalue weighted by Crippen LogP contribution is -2.21. The number of nitrogens with zero attached hydrogens (tertiary/aromatic N) is 1. The van der Waals surface area contributed by atoms with Crippen LogP contribution in [0.1, 0.15) is 21.6 Å². The van der Waals surface area contributed by atoms with Gasteiger partial charge in [0.25, 0.3) is 0 Å².